The molecule has 0 fully saturated rings. The largest absolute Gasteiger partial charge is 0.313 e. The summed E-state index contributed by atoms with van der Waals surface area (Å²) in [6.07, 6.45) is 6.80. The number of hydrogen-bond acceptors (Lipinski definition) is 0. The SMILES string of the molecule is CC(C)(C)c1ccc(-n2c3c(c4cc(-c5ccc6c(c5)c5ccccc5n6-c5ccc6c7c(cccc57)-c5ccccc5-6)ccc42)C=CCC3)cc1. The molecule has 2 aliphatic carbocycles. The van der Waals surface area contributed by atoms with Crippen LogP contribution in [0.25, 0.3) is 94.3 Å². The first-order valence-electron chi connectivity index (χ1n) is 18.6. The Hall–Kier alpha value is -6.12. The van der Waals surface area contributed by atoms with Crippen molar-refractivity contribution in [3.8, 4) is 44.8 Å². The van der Waals surface area contributed by atoms with Crippen LogP contribution in [0.15, 0.2) is 146 Å². The van der Waals surface area contributed by atoms with Crippen LogP contribution in [0.3, 0.4) is 0 Å². The molecule has 0 aliphatic heterocycles. The minimum atomic E-state index is 0.129. The van der Waals surface area contributed by atoms with Crippen LogP contribution >= 0.6 is 0 Å². The molecule has 0 radical (unpaired) electrons. The highest BCUT2D eigenvalue weighted by atomic mass is 15.0. The topological polar surface area (TPSA) is 9.86 Å². The smallest absolute Gasteiger partial charge is 0.0541 e. The maximum atomic E-state index is 2.50. The van der Waals surface area contributed by atoms with Gasteiger partial charge in [0.2, 0.25) is 0 Å². The van der Waals surface area contributed by atoms with E-state index in [1.807, 2.05) is 0 Å². The Morgan fingerprint density at radius 3 is 1.90 bits per heavy atom. The highest BCUT2D eigenvalue weighted by molar-refractivity contribution is 6.19. The molecule has 2 aliphatic rings. The van der Waals surface area contributed by atoms with Crippen LogP contribution in [0, 0.1) is 0 Å². The number of rotatable bonds is 3. The van der Waals surface area contributed by atoms with E-state index >= 15 is 0 Å². The zero-order valence-corrected chi connectivity index (χ0v) is 29.7. The average molecular weight is 667 g/mol. The van der Waals surface area contributed by atoms with Crippen molar-refractivity contribution in [1.82, 2.24) is 9.13 Å². The second-order valence-electron chi connectivity index (χ2n) is 15.7. The molecule has 0 spiro atoms. The van der Waals surface area contributed by atoms with Gasteiger partial charge in [-0.05, 0) is 111 Å². The van der Waals surface area contributed by atoms with Crippen LogP contribution in [0.2, 0.25) is 0 Å². The summed E-state index contributed by atoms with van der Waals surface area (Å²) in [6, 6.07) is 52.5. The molecule has 0 bridgehead atoms. The third-order valence-corrected chi connectivity index (χ3v) is 11.7. The van der Waals surface area contributed by atoms with E-state index in [2.05, 4.69) is 182 Å². The van der Waals surface area contributed by atoms with E-state index in [9.17, 15) is 0 Å². The van der Waals surface area contributed by atoms with Gasteiger partial charge >= 0.3 is 0 Å². The summed E-state index contributed by atoms with van der Waals surface area (Å²) in [5.41, 5.74) is 18.3. The Morgan fingerprint density at radius 2 is 1.13 bits per heavy atom. The molecular weight excluding hydrogens is 629 g/mol. The maximum Gasteiger partial charge on any atom is 0.0541 e. The van der Waals surface area contributed by atoms with Crippen LogP contribution in [0.1, 0.15) is 44.0 Å². The van der Waals surface area contributed by atoms with E-state index in [-0.39, 0.29) is 5.41 Å². The molecule has 0 amide bonds. The van der Waals surface area contributed by atoms with Crippen molar-refractivity contribution in [3.05, 3.63) is 162 Å². The van der Waals surface area contributed by atoms with Crippen molar-refractivity contribution < 1.29 is 0 Å². The molecule has 248 valence electrons. The lowest BCUT2D eigenvalue weighted by Crippen LogP contribution is -2.11. The van der Waals surface area contributed by atoms with Crippen LogP contribution in [0.4, 0.5) is 0 Å². The van der Waals surface area contributed by atoms with Crippen molar-refractivity contribution in [1.29, 1.82) is 0 Å². The van der Waals surface area contributed by atoms with Crippen molar-refractivity contribution in [2.45, 2.75) is 39.0 Å². The summed E-state index contributed by atoms with van der Waals surface area (Å²) < 4.78 is 4.98. The van der Waals surface area contributed by atoms with E-state index in [4.69, 9.17) is 0 Å². The Labute approximate surface area is 303 Å². The fourth-order valence-corrected chi connectivity index (χ4v) is 9.21. The van der Waals surface area contributed by atoms with E-state index in [0.717, 1.165) is 12.8 Å². The minimum Gasteiger partial charge on any atom is -0.313 e. The van der Waals surface area contributed by atoms with E-state index < -0.39 is 0 Å². The minimum absolute atomic E-state index is 0.129. The first-order chi connectivity index (χ1) is 25.4. The van der Waals surface area contributed by atoms with Gasteiger partial charge in [-0.1, -0.05) is 124 Å². The fourth-order valence-electron chi connectivity index (χ4n) is 9.21. The number of fused-ring (bicyclic) bond motifs is 9. The van der Waals surface area contributed by atoms with Crippen molar-refractivity contribution in [2.75, 3.05) is 0 Å². The van der Waals surface area contributed by atoms with Gasteiger partial charge in [-0.2, -0.15) is 0 Å². The summed E-state index contributed by atoms with van der Waals surface area (Å²) in [6.45, 7) is 6.84. The molecule has 2 heteroatoms. The lowest BCUT2D eigenvalue weighted by atomic mass is 9.87. The standard InChI is InChI=1S/C50H38N2/c1-50(2,3)33-21-23-34(24-22-33)51-44-17-8-6-13-37(44)42-29-31(19-26-47(42)51)32-20-27-48-43(30-32)38-14-7-9-18-45(38)52(48)46-28-25-40-36-12-5-4-11-35(36)39-15-10-16-41(46)49(39)40/h4-7,9-16,18-30H,8,17H2,1-3H3. The van der Waals surface area contributed by atoms with Gasteiger partial charge in [0.15, 0.2) is 0 Å². The molecule has 0 saturated carbocycles. The third kappa shape index (κ3) is 4.12. The van der Waals surface area contributed by atoms with Crippen LogP contribution in [-0.2, 0) is 11.8 Å². The summed E-state index contributed by atoms with van der Waals surface area (Å²) >= 11 is 0. The molecule has 0 unspecified atom stereocenters. The highest BCUT2D eigenvalue weighted by Gasteiger charge is 2.24. The third-order valence-electron chi connectivity index (χ3n) is 11.7. The zero-order chi connectivity index (χ0) is 34.7. The number of hydrogen-bond donors (Lipinski definition) is 0. The Balaban J connectivity index is 1.08. The number of para-hydroxylation sites is 1. The van der Waals surface area contributed by atoms with Gasteiger partial charge in [0, 0.05) is 38.5 Å². The summed E-state index contributed by atoms with van der Waals surface area (Å²) in [4.78, 5) is 0. The highest BCUT2D eigenvalue weighted by Crippen LogP contribution is 2.49. The molecule has 9 aromatic rings. The molecule has 2 aromatic heterocycles. The van der Waals surface area contributed by atoms with Gasteiger partial charge in [-0.25, -0.2) is 0 Å². The van der Waals surface area contributed by atoms with E-state index in [0.29, 0.717) is 0 Å². The van der Waals surface area contributed by atoms with Gasteiger partial charge < -0.3 is 9.13 Å². The molecular formula is C50H38N2. The zero-order valence-electron chi connectivity index (χ0n) is 29.7. The Morgan fingerprint density at radius 1 is 0.500 bits per heavy atom. The number of allylic oxidation sites excluding steroid dienone is 1. The van der Waals surface area contributed by atoms with Crippen LogP contribution in [-0.4, -0.2) is 9.13 Å². The van der Waals surface area contributed by atoms with Gasteiger partial charge in [0.25, 0.3) is 0 Å². The summed E-state index contributed by atoms with van der Waals surface area (Å²) in [5.74, 6) is 0. The number of benzene rings is 7. The number of aromatic nitrogens is 2. The summed E-state index contributed by atoms with van der Waals surface area (Å²) in [5, 5.41) is 6.51. The molecule has 0 saturated heterocycles. The average Bonchev–Trinajstić information content (AvgIpc) is 3.81. The monoisotopic (exact) mass is 666 g/mol. The molecule has 2 nitrogen and oxygen atoms in total. The van der Waals surface area contributed by atoms with Crippen molar-refractivity contribution >= 4 is 49.6 Å². The molecule has 52 heavy (non-hydrogen) atoms. The van der Waals surface area contributed by atoms with Crippen LogP contribution < -0.4 is 0 Å². The molecule has 0 N–H and O–H groups in total. The first-order valence-corrected chi connectivity index (χ1v) is 18.6. The lowest BCUT2D eigenvalue weighted by Gasteiger charge is -2.20. The Kier molecular flexibility index (Phi) is 6.09. The van der Waals surface area contributed by atoms with Gasteiger partial charge in [0.05, 0.1) is 22.2 Å². The predicted octanol–water partition coefficient (Wildman–Crippen LogP) is 13.5. The van der Waals surface area contributed by atoms with Gasteiger partial charge in [-0.3, -0.25) is 0 Å². The fraction of sp³-hybridized carbons (Fsp3) is 0.120. The second kappa shape index (κ2) is 10.7. The normalized spacial score (nSPS) is 13.4. The summed E-state index contributed by atoms with van der Waals surface area (Å²) in [7, 11) is 0. The predicted molar refractivity (Wildman–Crippen MR) is 221 cm³/mol. The van der Waals surface area contributed by atoms with Crippen molar-refractivity contribution in [2.24, 2.45) is 0 Å². The van der Waals surface area contributed by atoms with Gasteiger partial charge in [-0.15, -0.1) is 0 Å². The van der Waals surface area contributed by atoms with Gasteiger partial charge in [0.1, 0.15) is 0 Å². The second-order valence-corrected chi connectivity index (χ2v) is 15.7. The quantitative estimate of drug-likeness (QED) is 0.178. The van der Waals surface area contributed by atoms with E-state index in [1.54, 1.807) is 0 Å². The van der Waals surface area contributed by atoms with E-state index in [1.165, 1.54) is 105 Å². The maximum absolute atomic E-state index is 2.50. The number of nitrogens with zero attached hydrogens (tertiary/aromatic N) is 2. The molecule has 2 heterocycles. The van der Waals surface area contributed by atoms with Crippen LogP contribution in [0.5, 0.6) is 0 Å². The lowest BCUT2D eigenvalue weighted by molar-refractivity contribution is 0.590. The Bertz CT molecular complexity index is 2950. The first kappa shape index (κ1) is 29.6. The molecule has 0 atom stereocenters. The molecule has 11 rings (SSSR count). The van der Waals surface area contributed by atoms with Crippen molar-refractivity contribution in [3.63, 3.8) is 0 Å². The molecule has 7 aromatic carbocycles.